The Kier molecular flexibility index (Phi) is 3.84. The van der Waals surface area contributed by atoms with E-state index in [2.05, 4.69) is 0 Å². The molecule has 3 aliphatic carbocycles. The Labute approximate surface area is 163 Å². The molecule has 0 aromatic heterocycles. The number of fused-ring (bicyclic) bond motifs is 3. The zero-order chi connectivity index (χ0) is 19.4. The number of allylic oxidation sites excluding steroid dienone is 8. The number of hydrogen-bond donors (Lipinski definition) is 0. The van der Waals surface area contributed by atoms with Gasteiger partial charge in [-0.2, -0.15) is 14.0 Å². The predicted octanol–water partition coefficient (Wildman–Crippen LogP) is 0.937. The Morgan fingerprint density at radius 2 is 1.82 bits per heavy atom. The van der Waals surface area contributed by atoms with Gasteiger partial charge in [-0.3, -0.25) is 0 Å². The zero-order valence-electron chi connectivity index (χ0n) is 14.6. The summed E-state index contributed by atoms with van der Waals surface area (Å²) >= 11 is 0. The molecule has 28 heavy (non-hydrogen) atoms. The second kappa shape index (κ2) is 6.17. The third-order valence-electron chi connectivity index (χ3n) is 5.09. The van der Waals surface area contributed by atoms with Crippen molar-refractivity contribution in [1.82, 2.24) is 0 Å². The largest absolute Gasteiger partial charge is 0.480 e. The van der Waals surface area contributed by atoms with Crippen LogP contribution in [-0.4, -0.2) is 6.10 Å². The molecular weight excluding hydrogens is 380 g/mol. The molecule has 1 aromatic carbocycles. The molecule has 140 valence electrons. The summed E-state index contributed by atoms with van der Waals surface area (Å²) in [5.41, 5.74) is 2.08. The Morgan fingerprint density at radius 3 is 2.61 bits per heavy atom. The normalized spacial score (nSPS) is 27.4. The first-order valence-corrected chi connectivity index (χ1v) is 9.97. The quantitative estimate of drug-likeness (QED) is 0.761. The monoisotopic (exact) mass is 394 g/mol. The van der Waals surface area contributed by atoms with E-state index in [-0.39, 0.29) is 6.10 Å². The highest BCUT2D eigenvalue weighted by atomic mass is 35.7. The molecule has 2 unspecified atom stereocenters. The minimum absolute atomic E-state index is 0.197. The summed E-state index contributed by atoms with van der Waals surface area (Å²) in [5.74, 6) is 0.650. The van der Waals surface area contributed by atoms with Gasteiger partial charge < -0.3 is 4.74 Å². The van der Waals surface area contributed by atoms with Crippen molar-refractivity contribution >= 4 is 0 Å². The molecule has 4 aliphatic rings. The fourth-order valence-electron chi connectivity index (χ4n) is 3.94. The Morgan fingerprint density at radius 1 is 1.00 bits per heavy atom. The molecule has 1 heterocycles. The third-order valence-corrected chi connectivity index (χ3v) is 5.52. The molecule has 0 saturated carbocycles. The van der Waals surface area contributed by atoms with Gasteiger partial charge in [0.15, 0.2) is 0 Å². The highest BCUT2D eigenvalue weighted by molar-refractivity contribution is 5.70. The molecule has 5 nitrogen and oxygen atoms in total. The number of rotatable bonds is 3. The van der Waals surface area contributed by atoms with Gasteiger partial charge in [0, 0.05) is 22.3 Å². The van der Waals surface area contributed by atoms with Gasteiger partial charge in [-0.25, -0.2) is 0 Å². The molecule has 0 bridgehead atoms. The fourth-order valence-corrected chi connectivity index (χ4v) is 4.46. The van der Waals surface area contributed by atoms with Crippen LogP contribution in [0.25, 0.3) is 0 Å². The van der Waals surface area contributed by atoms with E-state index in [9.17, 15) is 14.0 Å². The van der Waals surface area contributed by atoms with Crippen LogP contribution in [-0.2, 0) is 14.6 Å². The van der Waals surface area contributed by atoms with Crippen molar-refractivity contribution in [3.05, 3.63) is 119 Å². The van der Waals surface area contributed by atoms with E-state index >= 15 is 0 Å². The first-order chi connectivity index (χ1) is 13.5. The van der Waals surface area contributed by atoms with Crippen LogP contribution in [0.2, 0.25) is 0 Å². The first kappa shape index (κ1) is 17.4. The van der Waals surface area contributed by atoms with Gasteiger partial charge in [-0.05, 0) is 29.9 Å². The van der Waals surface area contributed by atoms with Crippen LogP contribution in [0.1, 0.15) is 5.56 Å². The topological polar surface area (TPSA) is 87.6 Å². The average molecular weight is 395 g/mol. The second-order valence-corrected chi connectivity index (χ2v) is 7.68. The van der Waals surface area contributed by atoms with Crippen LogP contribution >= 0.6 is 0 Å². The second-order valence-electron chi connectivity index (χ2n) is 6.77. The van der Waals surface area contributed by atoms with Gasteiger partial charge in [0.1, 0.15) is 11.9 Å². The molecule has 0 N–H and O–H groups in total. The molecule has 0 radical (unpaired) electrons. The van der Waals surface area contributed by atoms with E-state index in [0.29, 0.717) is 22.5 Å². The lowest BCUT2D eigenvalue weighted by Gasteiger charge is -2.32. The molecular formula is C22H15ClO5. The number of hydrogen-bond acceptors (Lipinski definition) is 5. The average Bonchev–Trinajstić information content (AvgIpc) is 3.05. The van der Waals surface area contributed by atoms with Crippen molar-refractivity contribution in [2.75, 3.05) is 0 Å². The molecule has 1 aliphatic heterocycles. The zero-order valence-corrected chi connectivity index (χ0v) is 15.3. The number of halogens is 1. The van der Waals surface area contributed by atoms with Crippen molar-refractivity contribution in [3.63, 3.8) is 0 Å². The minimum atomic E-state index is -4.68. The summed E-state index contributed by atoms with van der Waals surface area (Å²) in [6.07, 6.45) is 16.5. The first-order valence-electron chi connectivity index (χ1n) is 8.73. The number of benzene rings is 1. The molecule has 0 amide bonds. The fraction of sp³-hybridized carbons (Fsp3) is 0.0909. The summed E-state index contributed by atoms with van der Waals surface area (Å²) in [6, 6.07) is 8.82. The molecule has 2 atom stereocenters. The SMILES string of the molecule is [O-][Cl+3]([O-])([O-])OC1(c2ccccc2)C=CC=C2C1=CC1=C2OC2C=CC=CC2=C1. The van der Waals surface area contributed by atoms with E-state index in [4.69, 9.17) is 9.03 Å². The van der Waals surface area contributed by atoms with E-state index in [1.54, 1.807) is 36.4 Å². The third kappa shape index (κ3) is 2.73. The van der Waals surface area contributed by atoms with Crippen molar-refractivity contribution in [1.29, 1.82) is 0 Å². The summed E-state index contributed by atoms with van der Waals surface area (Å²) in [6.45, 7) is 0. The summed E-state index contributed by atoms with van der Waals surface area (Å²) < 4.78 is 46.2. The smallest absolute Gasteiger partial charge is 0.293 e. The maximum atomic E-state index is 11.6. The van der Waals surface area contributed by atoms with E-state index < -0.39 is 15.8 Å². The lowest BCUT2D eigenvalue weighted by atomic mass is 9.80. The maximum Gasteiger partial charge on any atom is 0.293 e. The molecule has 1 aromatic rings. The lowest BCUT2D eigenvalue weighted by molar-refractivity contribution is -1.92. The molecule has 0 fully saturated rings. The highest BCUT2D eigenvalue weighted by Gasteiger charge is 2.53. The molecule has 5 rings (SSSR count). The molecule has 0 saturated heterocycles. The summed E-state index contributed by atoms with van der Waals surface area (Å²) in [5, 5.41) is 0. The van der Waals surface area contributed by atoms with Crippen LogP contribution in [0.15, 0.2) is 113 Å². The van der Waals surface area contributed by atoms with Crippen LogP contribution in [0.5, 0.6) is 0 Å². The minimum Gasteiger partial charge on any atom is -0.480 e. The summed E-state index contributed by atoms with van der Waals surface area (Å²) in [7, 11) is -4.68. The van der Waals surface area contributed by atoms with E-state index in [0.717, 1.165) is 11.1 Å². The highest BCUT2D eigenvalue weighted by Crippen LogP contribution is 2.50. The van der Waals surface area contributed by atoms with Crippen LogP contribution in [0, 0.1) is 10.2 Å². The summed E-state index contributed by atoms with van der Waals surface area (Å²) in [4.78, 5) is 0. The molecule has 0 spiro atoms. The van der Waals surface area contributed by atoms with Gasteiger partial charge in [0.25, 0.3) is 5.60 Å². The lowest BCUT2D eigenvalue weighted by Crippen LogP contribution is -2.64. The maximum absolute atomic E-state index is 11.6. The van der Waals surface area contributed by atoms with E-state index in [1.807, 2.05) is 48.6 Å². The van der Waals surface area contributed by atoms with Crippen LogP contribution < -0.4 is 14.0 Å². The van der Waals surface area contributed by atoms with Crippen molar-refractivity contribution in [2.45, 2.75) is 11.7 Å². The van der Waals surface area contributed by atoms with Gasteiger partial charge in [-0.1, -0.05) is 60.7 Å². The van der Waals surface area contributed by atoms with Crippen molar-refractivity contribution < 1.29 is 33.2 Å². The van der Waals surface area contributed by atoms with Crippen LogP contribution in [0.3, 0.4) is 0 Å². The Bertz CT molecular complexity index is 1050. The van der Waals surface area contributed by atoms with Gasteiger partial charge >= 0.3 is 0 Å². The van der Waals surface area contributed by atoms with E-state index in [1.165, 1.54) is 0 Å². The van der Waals surface area contributed by atoms with Crippen molar-refractivity contribution in [3.8, 4) is 0 Å². The van der Waals surface area contributed by atoms with Crippen LogP contribution in [0.4, 0.5) is 0 Å². The number of ether oxygens (including phenoxy) is 1. The molecule has 6 heteroatoms. The Hall–Kier alpha value is -2.67. The van der Waals surface area contributed by atoms with Gasteiger partial charge in [0.05, 0.1) is 14.5 Å². The van der Waals surface area contributed by atoms with Gasteiger partial charge in [0.2, 0.25) is 0 Å². The Balaban J connectivity index is 1.65. The standard InChI is InChI=1S/C22H15ClO5/c24-23(25,26)28-22(17-8-2-1-3-9-17)12-6-10-18-19(22)14-16-13-15-7-4-5-11-20(15)27-21(16)18/h1-14,20H. The van der Waals surface area contributed by atoms with Crippen molar-refractivity contribution in [2.24, 2.45) is 0 Å². The predicted molar refractivity (Wildman–Crippen MR) is 92.8 cm³/mol. The van der Waals surface area contributed by atoms with Gasteiger partial charge in [-0.15, -0.1) is 0 Å².